The van der Waals surface area contributed by atoms with Gasteiger partial charge in [-0.2, -0.15) is 0 Å². The summed E-state index contributed by atoms with van der Waals surface area (Å²) in [5.74, 6) is 0.281. The average Bonchev–Trinajstić information content (AvgIpc) is 2.26. The van der Waals surface area contributed by atoms with E-state index in [9.17, 15) is 8.42 Å². The first kappa shape index (κ1) is 14.7. The zero-order chi connectivity index (χ0) is 13.1. The minimum absolute atomic E-state index is 0.0308. The molecule has 1 aromatic rings. The Morgan fingerprint density at radius 2 is 2.18 bits per heavy atom. The van der Waals surface area contributed by atoms with Crippen molar-refractivity contribution in [1.82, 2.24) is 4.72 Å². The lowest BCUT2D eigenvalue weighted by Crippen LogP contribution is -2.30. The molecule has 2 N–H and O–H groups in total. The Labute approximate surface area is 114 Å². The zero-order valence-electron chi connectivity index (χ0n) is 9.47. The molecule has 0 bridgehead atoms. The van der Waals surface area contributed by atoms with Crippen LogP contribution in [0.3, 0.4) is 0 Å². The fourth-order valence-electron chi connectivity index (χ4n) is 1.17. The van der Waals surface area contributed by atoms with Gasteiger partial charge in [-0.25, -0.2) is 13.1 Å². The average molecular weight is 371 g/mol. The van der Waals surface area contributed by atoms with Crippen LogP contribution in [0.5, 0.6) is 5.75 Å². The number of rotatable bonds is 5. The smallest absolute Gasteiger partial charge is 0.244 e. The van der Waals surface area contributed by atoms with Crippen molar-refractivity contribution in [2.24, 2.45) is 0 Å². The lowest BCUT2D eigenvalue weighted by atomic mass is 10.3. The van der Waals surface area contributed by atoms with Crippen molar-refractivity contribution in [3.63, 3.8) is 0 Å². The quantitative estimate of drug-likeness (QED) is 0.757. The van der Waals surface area contributed by atoms with Crippen molar-refractivity contribution < 1.29 is 18.3 Å². The highest BCUT2D eigenvalue weighted by Gasteiger charge is 2.19. The van der Waals surface area contributed by atoms with Crippen molar-refractivity contribution in [3.05, 3.63) is 21.8 Å². The third-order valence-corrected chi connectivity index (χ3v) is 4.10. The number of ether oxygens (including phenoxy) is 1. The lowest BCUT2D eigenvalue weighted by molar-refractivity contribution is 0.198. The maximum Gasteiger partial charge on any atom is 0.244 e. The number of aliphatic hydroxyl groups is 1. The van der Waals surface area contributed by atoms with Crippen LogP contribution in [-0.2, 0) is 10.0 Å². The van der Waals surface area contributed by atoms with Crippen molar-refractivity contribution in [3.8, 4) is 5.75 Å². The molecule has 0 spiro atoms. The van der Waals surface area contributed by atoms with Gasteiger partial charge in [-0.3, -0.25) is 0 Å². The van der Waals surface area contributed by atoms with E-state index in [1.165, 1.54) is 20.1 Å². The van der Waals surface area contributed by atoms with Crippen molar-refractivity contribution >= 4 is 32.6 Å². The number of hydrogen-bond acceptors (Lipinski definition) is 4. The van der Waals surface area contributed by atoms with Crippen LogP contribution in [0, 0.1) is 3.57 Å². The molecule has 0 aliphatic carbocycles. The maximum absolute atomic E-state index is 12.0. The summed E-state index contributed by atoms with van der Waals surface area (Å²) < 4.78 is 32.0. The molecule has 7 heteroatoms. The first-order valence-electron chi connectivity index (χ1n) is 4.88. The Kier molecular flexibility index (Phi) is 5.17. The van der Waals surface area contributed by atoms with Gasteiger partial charge in [0.2, 0.25) is 10.0 Å². The summed E-state index contributed by atoms with van der Waals surface area (Å²) in [6, 6.07) is 4.87. The largest absolute Gasteiger partial charge is 0.495 e. The molecule has 5 nitrogen and oxygen atoms in total. The van der Waals surface area contributed by atoms with E-state index in [0.717, 1.165) is 3.57 Å². The van der Waals surface area contributed by atoms with Gasteiger partial charge in [0, 0.05) is 10.1 Å². The van der Waals surface area contributed by atoms with E-state index in [-0.39, 0.29) is 17.2 Å². The van der Waals surface area contributed by atoms with Crippen LogP contribution in [0.25, 0.3) is 0 Å². The second-order valence-corrected chi connectivity index (χ2v) is 6.48. The topological polar surface area (TPSA) is 75.6 Å². The Morgan fingerprint density at radius 1 is 1.53 bits per heavy atom. The highest BCUT2D eigenvalue weighted by molar-refractivity contribution is 14.1. The molecule has 0 heterocycles. The molecule has 0 radical (unpaired) electrons. The van der Waals surface area contributed by atoms with Crippen molar-refractivity contribution in [2.45, 2.75) is 17.9 Å². The molecule has 0 saturated heterocycles. The van der Waals surface area contributed by atoms with Crippen molar-refractivity contribution in [2.75, 3.05) is 13.7 Å². The molecule has 1 rings (SSSR count). The lowest BCUT2D eigenvalue weighted by Gasteiger charge is -2.12. The highest BCUT2D eigenvalue weighted by atomic mass is 127. The molecule has 0 aromatic heterocycles. The fraction of sp³-hybridized carbons (Fsp3) is 0.400. The molecule has 0 saturated carbocycles. The van der Waals surface area contributed by atoms with Crippen LogP contribution >= 0.6 is 22.6 Å². The Balaban J connectivity index is 3.09. The molecule has 17 heavy (non-hydrogen) atoms. The van der Waals surface area contributed by atoms with Crippen LogP contribution < -0.4 is 9.46 Å². The minimum atomic E-state index is -3.66. The Bertz CT molecular complexity index is 487. The Morgan fingerprint density at radius 3 is 2.71 bits per heavy atom. The standard InChI is InChI=1S/C10H14INO4S/c1-7(13)6-12-17(14,15)10-5-8(11)3-4-9(10)16-2/h3-5,7,12-13H,6H2,1-2H3. The van der Waals surface area contributed by atoms with E-state index in [4.69, 9.17) is 9.84 Å². The molecule has 1 atom stereocenters. The van der Waals surface area contributed by atoms with Gasteiger partial charge in [0.25, 0.3) is 0 Å². The van der Waals surface area contributed by atoms with Gasteiger partial charge in [-0.15, -0.1) is 0 Å². The van der Waals surface area contributed by atoms with E-state index >= 15 is 0 Å². The molecule has 0 fully saturated rings. The third-order valence-electron chi connectivity index (χ3n) is 1.98. The van der Waals surface area contributed by atoms with E-state index in [1.807, 2.05) is 22.6 Å². The molecule has 0 amide bonds. The predicted octanol–water partition coefficient (Wildman–Crippen LogP) is 0.959. The van der Waals surface area contributed by atoms with Crippen LogP contribution in [0.2, 0.25) is 0 Å². The number of halogens is 1. The number of aliphatic hydroxyl groups excluding tert-OH is 1. The van der Waals surface area contributed by atoms with Crippen molar-refractivity contribution in [1.29, 1.82) is 0 Å². The number of hydrogen-bond donors (Lipinski definition) is 2. The van der Waals surface area contributed by atoms with Crippen LogP contribution in [-0.4, -0.2) is 33.3 Å². The van der Waals surface area contributed by atoms with Gasteiger partial charge in [0.15, 0.2) is 0 Å². The fourth-order valence-corrected chi connectivity index (χ4v) is 3.19. The van der Waals surface area contributed by atoms with Gasteiger partial charge in [0.1, 0.15) is 10.6 Å². The molecule has 96 valence electrons. The minimum Gasteiger partial charge on any atom is -0.495 e. The molecule has 1 unspecified atom stereocenters. The van der Waals surface area contributed by atoms with Gasteiger partial charge < -0.3 is 9.84 Å². The monoisotopic (exact) mass is 371 g/mol. The van der Waals surface area contributed by atoms with Crippen LogP contribution in [0.1, 0.15) is 6.92 Å². The summed E-state index contributed by atoms with van der Waals surface area (Å²) in [6.07, 6.45) is -0.737. The number of methoxy groups -OCH3 is 1. The third kappa shape index (κ3) is 4.09. The number of benzene rings is 1. The van der Waals surface area contributed by atoms with E-state index in [0.29, 0.717) is 0 Å². The number of sulfonamides is 1. The van der Waals surface area contributed by atoms with Crippen LogP contribution in [0.4, 0.5) is 0 Å². The summed E-state index contributed by atoms with van der Waals surface area (Å²) in [4.78, 5) is 0.0764. The normalized spacial score (nSPS) is 13.4. The summed E-state index contributed by atoms with van der Waals surface area (Å²) >= 11 is 2.02. The summed E-state index contributed by atoms with van der Waals surface area (Å²) in [7, 11) is -2.25. The SMILES string of the molecule is COc1ccc(I)cc1S(=O)(=O)NCC(C)O. The second kappa shape index (κ2) is 5.98. The first-order chi connectivity index (χ1) is 7.86. The second-order valence-electron chi connectivity index (χ2n) is 3.50. The van der Waals surface area contributed by atoms with Gasteiger partial charge >= 0.3 is 0 Å². The molecule has 0 aliphatic rings. The maximum atomic E-state index is 12.0. The molecular formula is C10H14INO4S. The highest BCUT2D eigenvalue weighted by Crippen LogP contribution is 2.25. The molecular weight excluding hydrogens is 357 g/mol. The number of nitrogens with one attached hydrogen (secondary N) is 1. The molecule has 0 aliphatic heterocycles. The summed E-state index contributed by atoms with van der Waals surface area (Å²) in [5.41, 5.74) is 0. The van der Waals surface area contributed by atoms with E-state index in [2.05, 4.69) is 4.72 Å². The first-order valence-corrected chi connectivity index (χ1v) is 7.44. The zero-order valence-corrected chi connectivity index (χ0v) is 12.4. The van der Waals surface area contributed by atoms with Gasteiger partial charge in [-0.05, 0) is 47.7 Å². The Hall–Kier alpha value is -0.380. The van der Waals surface area contributed by atoms with E-state index < -0.39 is 16.1 Å². The van der Waals surface area contributed by atoms with Crippen LogP contribution in [0.15, 0.2) is 23.1 Å². The predicted molar refractivity (Wildman–Crippen MR) is 72.6 cm³/mol. The van der Waals surface area contributed by atoms with Gasteiger partial charge in [0.05, 0.1) is 13.2 Å². The van der Waals surface area contributed by atoms with E-state index in [1.54, 1.807) is 12.1 Å². The van der Waals surface area contributed by atoms with Gasteiger partial charge in [-0.1, -0.05) is 0 Å². The summed E-state index contributed by atoms with van der Waals surface area (Å²) in [5, 5.41) is 9.08. The summed E-state index contributed by atoms with van der Waals surface area (Å²) in [6.45, 7) is 1.48. The molecule has 1 aromatic carbocycles.